The van der Waals surface area contributed by atoms with Crippen molar-refractivity contribution in [3.63, 3.8) is 0 Å². The summed E-state index contributed by atoms with van der Waals surface area (Å²) in [6.45, 7) is -5.94. The van der Waals surface area contributed by atoms with E-state index in [-0.39, 0.29) is 10.8 Å². The zero-order valence-electron chi connectivity index (χ0n) is 43.0. The van der Waals surface area contributed by atoms with Gasteiger partial charge in [0.15, 0.2) is 0 Å². The SMILES string of the molecule is [2H]N1C2([2H])C([2H])([2H])C([2H])([2H])C([2H])(c3ccc(OCP(C)(C)=O)nc3)C([2H])([2H])C2([2H])N2[C@@H]3C[C@@]([2H])(N(C([2H])([2H])[2H])C(=O)C4([2H])C3C([2H])(OC(F)F)C([2H])([2H])C([2H])([2H])C4([2H])[2H])C12[2H]. The molecule has 0 spiro atoms. The van der Waals surface area contributed by atoms with Crippen molar-refractivity contribution in [3.8, 4) is 5.88 Å². The van der Waals surface area contributed by atoms with Crippen molar-refractivity contribution in [1.82, 2.24) is 20.1 Å². The molecule has 3 aliphatic heterocycles. The number of carbonyl (C=O) groups is 1. The molecule has 5 aliphatic rings. The minimum Gasteiger partial charge on any atom is -0.470 e. The predicted octanol–water partition coefficient (Wildman–Crippen LogP) is 3.91. The summed E-state index contributed by atoms with van der Waals surface area (Å²) in [5.41, 5.74) is -0.953. The highest BCUT2D eigenvalue weighted by atomic mass is 31.2. The van der Waals surface area contributed by atoms with Gasteiger partial charge in [0, 0.05) is 75.2 Å². The molecule has 1 aromatic rings. The highest BCUT2D eigenvalue weighted by molar-refractivity contribution is 7.62. The van der Waals surface area contributed by atoms with Gasteiger partial charge in [-0.2, -0.15) is 8.78 Å². The number of fused-ring (bicyclic) bond motifs is 9. The van der Waals surface area contributed by atoms with E-state index in [4.69, 9.17) is 22.6 Å². The fourth-order valence-electron chi connectivity index (χ4n) is 4.70. The summed E-state index contributed by atoms with van der Waals surface area (Å²) in [7, 11) is -2.87. The van der Waals surface area contributed by atoms with Crippen LogP contribution in [0.25, 0.3) is 0 Å². The van der Waals surface area contributed by atoms with E-state index in [1.807, 2.05) is 0 Å². The number of likely N-dealkylation sites (tertiary alicyclic amines) is 1. The van der Waals surface area contributed by atoms with Crippen molar-refractivity contribution in [2.45, 2.75) is 93.5 Å². The first-order valence-electron chi connectivity index (χ1n) is 22.8. The standard InChI is InChI=1S/C27H39F2N4O4P/c1-32-21-12-20(24-17(26(32)34)5-4-6-22(24)37-27(28)29)33-19-11-15(7-9-18(19)31-25(21)33)16-8-10-23(30-13-16)36-14-38(2,3)35/h8,10,13,15,17-22,24-25,27,31H,4-7,9,11-12,14H2,1-3H3/t15?,17?,18?,19?,20-,21-,22?,24?,25?/m1/s1/i1D3,4D2,5D2,6D2,7D2,9D2,11D2,15D,17D,18D,19D,21D,22D,25D/hD. The number of amides is 1. The third-order valence-corrected chi connectivity index (χ3v) is 7.03. The average molecular weight is 576 g/mol. The number of halogens is 2. The third kappa shape index (κ3) is 4.80. The normalized spacial score (nSPS) is 70.3. The minimum atomic E-state index is -4.56. The molecule has 0 aromatic carbocycles. The maximum Gasteiger partial charge on any atom is 0.345 e. The zero-order valence-corrected chi connectivity index (χ0v) is 20.9. The molecule has 2 bridgehead atoms. The number of rotatable bonds is 6. The topological polar surface area (TPSA) is 84.0 Å². The lowest BCUT2D eigenvalue weighted by molar-refractivity contribution is -0.199. The zero-order chi connectivity index (χ0) is 47.4. The van der Waals surface area contributed by atoms with E-state index in [1.54, 1.807) is 0 Å². The van der Waals surface area contributed by atoms with Gasteiger partial charge in [0.05, 0.1) is 22.4 Å². The van der Waals surface area contributed by atoms with Crippen LogP contribution in [-0.2, 0) is 14.1 Å². The van der Waals surface area contributed by atoms with E-state index < -0.39 is 147 Å². The molecule has 3 saturated heterocycles. The Hall–Kier alpha value is -1.61. The molecule has 9 atom stereocenters. The van der Waals surface area contributed by atoms with Gasteiger partial charge in [-0.3, -0.25) is 15.0 Å². The highest BCUT2D eigenvalue weighted by Gasteiger charge is 2.62. The van der Waals surface area contributed by atoms with Gasteiger partial charge in [0.1, 0.15) is 14.9 Å². The molecule has 6 rings (SSSR count). The maximum atomic E-state index is 14.8. The Morgan fingerprint density at radius 1 is 1.32 bits per heavy atom. The van der Waals surface area contributed by atoms with Crippen LogP contribution in [0.3, 0.4) is 0 Å². The van der Waals surface area contributed by atoms with E-state index in [9.17, 15) is 31.9 Å². The number of likely N-dealkylation sites (N-methyl/N-ethyl adjacent to an activating group) is 1. The summed E-state index contributed by atoms with van der Waals surface area (Å²) in [6, 6.07) is -14.2. The fourth-order valence-corrected chi connectivity index (χ4v) is 5.14. The van der Waals surface area contributed by atoms with Gasteiger partial charge < -0.3 is 18.9 Å². The second-order valence-corrected chi connectivity index (χ2v) is 12.8. The second kappa shape index (κ2) is 10.1. The monoisotopic (exact) mass is 575 g/mol. The number of hydrogen-bond donors (Lipinski definition) is 1. The Balaban J connectivity index is 1.78. The van der Waals surface area contributed by atoms with E-state index in [0.29, 0.717) is 6.20 Å². The molecule has 210 valence electrons. The largest absolute Gasteiger partial charge is 0.470 e. The number of hydrogen-bond acceptors (Lipinski definition) is 7. The Bertz CT molecular complexity index is 2090. The van der Waals surface area contributed by atoms with Gasteiger partial charge in [-0.05, 0) is 63.1 Å². The van der Waals surface area contributed by atoms with Crippen LogP contribution in [0.1, 0.15) is 86.3 Å². The molecule has 7 unspecified atom stereocenters. The van der Waals surface area contributed by atoms with E-state index in [0.717, 1.165) is 12.1 Å². The van der Waals surface area contributed by atoms with Gasteiger partial charge in [-0.25, -0.2) is 4.98 Å². The van der Waals surface area contributed by atoms with Crippen LogP contribution in [-0.4, -0.2) is 90.3 Å². The predicted molar refractivity (Wildman–Crippen MR) is 139 cm³/mol. The molecule has 8 nitrogen and oxygen atoms in total. The third-order valence-electron chi connectivity index (χ3n) is 6.28. The summed E-state index contributed by atoms with van der Waals surface area (Å²) in [5.74, 6) is -14.9. The number of nitrogens with zero attached hydrogens (tertiary/aromatic N) is 3. The van der Waals surface area contributed by atoms with Crippen molar-refractivity contribution < 1.29 is 59.2 Å². The van der Waals surface area contributed by atoms with Crippen LogP contribution in [0, 0.1) is 11.8 Å². The van der Waals surface area contributed by atoms with E-state index >= 15 is 0 Å². The molecule has 1 amide bonds. The highest BCUT2D eigenvalue weighted by Crippen LogP contribution is 2.51. The number of ether oxygens (including phenoxy) is 2. The maximum absolute atomic E-state index is 14.8. The quantitative estimate of drug-likeness (QED) is 0.515. The Morgan fingerprint density at radius 2 is 2.16 bits per heavy atom. The van der Waals surface area contributed by atoms with E-state index in [1.165, 1.54) is 13.3 Å². The number of aromatic nitrogens is 1. The lowest BCUT2D eigenvalue weighted by atomic mass is 9.71. The number of pyridine rings is 1. The Labute approximate surface area is 255 Å². The first kappa shape index (κ1) is 11.0. The minimum absolute atomic E-state index is 0.279. The molecule has 5 fully saturated rings. The Kier molecular flexibility index (Phi) is 2.92. The molecule has 38 heavy (non-hydrogen) atoms. The molecule has 0 radical (unpaired) electrons. The molecule has 2 aliphatic carbocycles. The lowest BCUT2D eigenvalue weighted by Crippen LogP contribution is -2.58. The van der Waals surface area contributed by atoms with Crippen LogP contribution in [0.4, 0.5) is 8.78 Å². The first-order valence-corrected chi connectivity index (χ1v) is 14.2. The van der Waals surface area contributed by atoms with Gasteiger partial charge in [0.2, 0.25) is 11.8 Å². The van der Waals surface area contributed by atoms with E-state index in [2.05, 4.69) is 9.72 Å². The molecular weight excluding hydrogens is 513 g/mol. The first-order chi connectivity index (χ1) is 26.9. The lowest BCUT2D eigenvalue weighted by Gasteiger charge is -2.46. The summed E-state index contributed by atoms with van der Waals surface area (Å²) < 4.78 is 260. The van der Waals surface area contributed by atoms with Crippen molar-refractivity contribution >= 4 is 13.0 Å². The van der Waals surface area contributed by atoms with Crippen molar-refractivity contribution in [2.24, 2.45) is 11.8 Å². The fraction of sp³-hybridized carbons (Fsp3) is 0.778. The molecular formula is C27H39F2N4O4P. The molecule has 2 saturated carbocycles. The van der Waals surface area contributed by atoms with Crippen LogP contribution in [0.15, 0.2) is 18.3 Å². The van der Waals surface area contributed by atoms with Crippen molar-refractivity contribution in [2.75, 3.05) is 26.7 Å². The number of nitrogens with one attached hydrogen (secondary N) is 1. The number of alkyl halides is 2. The van der Waals surface area contributed by atoms with Gasteiger partial charge in [-0.1, -0.05) is 12.4 Å². The molecule has 4 heterocycles. The second-order valence-electron chi connectivity index (χ2n) is 9.35. The smallest absolute Gasteiger partial charge is 0.345 e. The van der Waals surface area contributed by atoms with Crippen LogP contribution >= 0.6 is 7.14 Å². The van der Waals surface area contributed by atoms with Gasteiger partial charge in [0.25, 0.3) is 0 Å². The molecule has 1 N–H and O–H groups in total. The van der Waals surface area contributed by atoms with Crippen LogP contribution < -0.4 is 10.0 Å². The summed E-state index contributed by atoms with van der Waals surface area (Å²) >= 11 is 0. The average Bonchev–Trinajstić information content (AvgIpc) is 3.36. The van der Waals surface area contributed by atoms with Gasteiger partial charge in [-0.15, -0.1) is 0 Å². The molecule has 1 aromatic heterocycles. The Morgan fingerprint density at radius 3 is 2.87 bits per heavy atom. The van der Waals surface area contributed by atoms with Crippen LogP contribution in [0.2, 0.25) is 1.41 Å². The summed E-state index contributed by atoms with van der Waals surface area (Å²) in [6.07, 6.45) is -36.7. The van der Waals surface area contributed by atoms with Gasteiger partial charge >= 0.3 is 6.61 Å². The summed E-state index contributed by atoms with van der Waals surface area (Å²) in [4.78, 5) is 17.6. The van der Waals surface area contributed by atoms with Crippen LogP contribution in [0.5, 0.6) is 5.88 Å². The van der Waals surface area contributed by atoms with Crippen molar-refractivity contribution in [1.29, 1.82) is 0 Å². The summed E-state index contributed by atoms with van der Waals surface area (Å²) in [5, 5.41) is -0.730. The molecule has 11 heteroatoms. The number of carbonyl (C=O) groups excluding carboxylic acids is 1. The van der Waals surface area contributed by atoms with Crippen molar-refractivity contribution in [3.05, 3.63) is 23.9 Å².